The van der Waals surface area contributed by atoms with E-state index >= 15 is 0 Å². The molecule has 0 radical (unpaired) electrons. The first-order chi connectivity index (χ1) is 12.7. The summed E-state index contributed by atoms with van der Waals surface area (Å²) < 4.78 is 0. The molecule has 2 aliphatic rings. The number of nitrogens with one attached hydrogen (secondary N) is 1. The van der Waals surface area contributed by atoms with Crippen LogP contribution >= 0.6 is 11.3 Å². The Morgan fingerprint density at radius 3 is 2.58 bits per heavy atom. The molecule has 2 aliphatic heterocycles. The normalized spacial score (nSPS) is 22.0. The molecule has 3 heterocycles. The minimum atomic E-state index is -0.170. The summed E-state index contributed by atoms with van der Waals surface area (Å²) in [7, 11) is 0. The second kappa shape index (κ2) is 7.73. The molecule has 7 heteroatoms. The lowest BCUT2D eigenvalue weighted by molar-refractivity contribution is 0.0568. The third-order valence-electron chi connectivity index (χ3n) is 5.37. The highest BCUT2D eigenvalue weighted by Crippen LogP contribution is 2.20. The molecule has 6 nitrogen and oxygen atoms in total. The van der Waals surface area contributed by atoms with Crippen molar-refractivity contribution in [1.82, 2.24) is 19.7 Å². The Kier molecular flexibility index (Phi) is 5.19. The lowest BCUT2D eigenvalue weighted by atomic mass is 10.2. The van der Waals surface area contributed by atoms with Crippen LogP contribution in [0.2, 0.25) is 0 Å². The van der Waals surface area contributed by atoms with Crippen molar-refractivity contribution in [3.8, 4) is 0 Å². The van der Waals surface area contributed by atoms with Crippen LogP contribution in [-0.4, -0.2) is 70.9 Å². The van der Waals surface area contributed by atoms with E-state index in [9.17, 15) is 9.59 Å². The number of thiazole rings is 1. The average molecular weight is 372 g/mol. The largest absolute Gasteiger partial charge is 0.335 e. The number of rotatable bonds is 4. The third kappa shape index (κ3) is 3.90. The van der Waals surface area contributed by atoms with Gasteiger partial charge in [-0.1, -0.05) is 41.7 Å². The molecule has 2 saturated heterocycles. The molecule has 138 valence electrons. The van der Waals surface area contributed by atoms with Crippen molar-refractivity contribution in [2.45, 2.75) is 19.0 Å². The zero-order chi connectivity index (χ0) is 17.9. The van der Waals surface area contributed by atoms with Gasteiger partial charge in [0.2, 0.25) is 0 Å². The Bertz CT molecular complexity index is 795. The van der Waals surface area contributed by atoms with Crippen molar-refractivity contribution in [2.24, 2.45) is 0 Å². The highest BCUT2D eigenvalue weighted by molar-refractivity contribution is 7.07. The van der Waals surface area contributed by atoms with Crippen molar-refractivity contribution in [2.75, 3.05) is 39.3 Å². The molecule has 0 saturated carbocycles. The van der Waals surface area contributed by atoms with Crippen LogP contribution in [0.4, 0.5) is 0 Å². The summed E-state index contributed by atoms with van der Waals surface area (Å²) in [5.74, 6) is -0.0554. The van der Waals surface area contributed by atoms with Crippen molar-refractivity contribution < 1.29 is 4.79 Å². The monoisotopic (exact) mass is 372 g/mol. The molecule has 2 aromatic rings. The molecule has 0 aliphatic carbocycles. The zero-order valence-corrected chi connectivity index (χ0v) is 15.6. The third-order valence-corrected chi connectivity index (χ3v) is 6.04. The average Bonchev–Trinajstić information content (AvgIpc) is 3.31. The summed E-state index contributed by atoms with van der Waals surface area (Å²) in [4.78, 5) is 33.0. The fourth-order valence-electron chi connectivity index (χ4n) is 3.94. The van der Waals surface area contributed by atoms with E-state index in [2.05, 4.69) is 45.1 Å². The van der Waals surface area contributed by atoms with Gasteiger partial charge in [-0.3, -0.25) is 19.4 Å². The van der Waals surface area contributed by atoms with Crippen molar-refractivity contribution in [3.05, 3.63) is 56.6 Å². The zero-order valence-electron chi connectivity index (χ0n) is 14.8. The number of hydrogen-bond donors (Lipinski definition) is 1. The Hall–Kier alpha value is -1.96. The summed E-state index contributed by atoms with van der Waals surface area (Å²) in [5, 5.41) is 1.62. The Morgan fingerprint density at radius 2 is 1.88 bits per heavy atom. The molecule has 0 unspecified atom stereocenters. The molecule has 0 spiro atoms. The molecule has 1 aromatic carbocycles. The van der Waals surface area contributed by atoms with Crippen molar-refractivity contribution >= 4 is 17.2 Å². The van der Waals surface area contributed by atoms with Gasteiger partial charge in [0.25, 0.3) is 5.91 Å². The van der Waals surface area contributed by atoms with Crippen LogP contribution in [-0.2, 0) is 6.54 Å². The molecule has 1 atom stereocenters. The summed E-state index contributed by atoms with van der Waals surface area (Å²) in [6.07, 6.45) is 1.19. The van der Waals surface area contributed by atoms with Gasteiger partial charge in [0.15, 0.2) is 0 Å². The van der Waals surface area contributed by atoms with E-state index in [0.29, 0.717) is 11.7 Å². The molecule has 0 bridgehead atoms. The summed E-state index contributed by atoms with van der Waals surface area (Å²) in [6, 6.07) is 11.2. The topological polar surface area (TPSA) is 59.7 Å². The summed E-state index contributed by atoms with van der Waals surface area (Å²) >= 11 is 1.04. The second-order valence-corrected chi connectivity index (χ2v) is 7.90. The smallest absolute Gasteiger partial charge is 0.305 e. The standard InChI is InChI=1S/C19H24N4O2S/c24-18(17-14-26-19(25)20-17)23-10-8-22(9-11-23)16-6-7-21(13-16)12-15-4-2-1-3-5-15/h1-5,14,16H,6-13H2,(H,20,25)/t16-/m1/s1. The number of nitrogens with zero attached hydrogens (tertiary/aromatic N) is 3. The molecular weight excluding hydrogens is 348 g/mol. The quantitative estimate of drug-likeness (QED) is 0.883. The van der Waals surface area contributed by atoms with E-state index in [4.69, 9.17) is 0 Å². The predicted molar refractivity (Wildman–Crippen MR) is 103 cm³/mol. The van der Waals surface area contributed by atoms with Crippen LogP contribution < -0.4 is 4.87 Å². The van der Waals surface area contributed by atoms with Gasteiger partial charge in [-0.2, -0.15) is 0 Å². The minimum Gasteiger partial charge on any atom is -0.335 e. The van der Waals surface area contributed by atoms with E-state index in [-0.39, 0.29) is 10.8 Å². The number of aromatic nitrogens is 1. The van der Waals surface area contributed by atoms with Gasteiger partial charge < -0.3 is 9.88 Å². The number of H-pyrrole nitrogens is 1. The number of likely N-dealkylation sites (tertiary alicyclic amines) is 1. The van der Waals surface area contributed by atoms with Gasteiger partial charge in [0.1, 0.15) is 5.69 Å². The SMILES string of the molecule is O=C(c1csc(=O)[nH]1)N1CCN([C@@H]2CCN(Cc3ccccc3)C2)CC1. The van der Waals surface area contributed by atoms with Crippen LogP contribution in [0.3, 0.4) is 0 Å². The highest BCUT2D eigenvalue weighted by Gasteiger charge is 2.31. The maximum atomic E-state index is 12.4. The number of amides is 1. The lowest BCUT2D eigenvalue weighted by Crippen LogP contribution is -2.52. The highest BCUT2D eigenvalue weighted by atomic mass is 32.1. The van der Waals surface area contributed by atoms with Gasteiger partial charge in [-0.15, -0.1) is 0 Å². The molecule has 1 aromatic heterocycles. The number of piperazine rings is 1. The fourth-order valence-corrected chi connectivity index (χ4v) is 4.49. The predicted octanol–water partition coefficient (Wildman–Crippen LogP) is 1.47. The first-order valence-electron chi connectivity index (χ1n) is 9.16. The van der Waals surface area contributed by atoms with Crippen LogP contribution in [0.25, 0.3) is 0 Å². The van der Waals surface area contributed by atoms with E-state index in [1.807, 2.05) is 4.90 Å². The first kappa shape index (κ1) is 17.5. The van der Waals surface area contributed by atoms with Gasteiger partial charge >= 0.3 is 4.87 Å². The molecule has 1 N–H and O–H groups in total. The van der Waals surface area contributed by atoms with Crippen LogP contribution in [0.5, 0.6) is 0 Å². The van der Waals surface area contributed by atoms with E-state index in [1.54, 1.807) is 5.38 Å². The van der Waals surface area contributed by atoms with E-state index in [1.165, 1.54) is 12.0 Å². The Balaban J connectivity index is 1.27. The molecule has 2 fully saturated rings. The van der Waals surface area contributed by atoms with Gasteiger partial charge in [-0.05, 0) is 12.0 Å². The maximum absolute atomic E-state index is 12.4. The Morgan fingerprint density at radius 1 is 1.12 bits per heavy atom. The number of carbonyl (C=O) groups excluding carboxylic acids is 1. The minimum absolute atomic E-state index is 0.0554. The van der Waals surface area contributed by atoms with Crippen LogP contribution in [0.15, 0.2) is 40.5 Å². The maximum Gasteiger partial charge on any atom is 0.305 e. The van der Waals surface area contributed by atoms with Gasteiger partial charge in [0, 0.05) is 57.2 Å². The van der Waals surface area contributed by atoms with E-state index in [0.717, 1.165) is 57.2 Å². The number of benzene rings is 1. The number of carbonyl (C=O) groups is 1. The molecule has 26 heavy (non-hydrogen) atoms. The van der Waals surface area contributed by atoms with Gasteiger partial charge in [0.05, 0.1) is 0 Å². The first-order valence-corrected chi connectivity index (χ1v) is 10.0. The van der Waals surface area contributed by atoms with Crippen molar-refractivity contribution in [1.29, 1.82) is 0 Å². The van der Waals surface area contributed by atoms with Crippen LogP contribution in [0, 0.1) is 0 Å². The lowest BCUT2D eigenvalue weighted by Gasteiger charge is -2.37. The van der Waals surface area contributed by atoms with Crippen molar-refractivity contribution in [3.63, 3.8) is 0 Å². The van der Waals surface area contributed by atoms with E-state index < -0.39 is 0 Å². The molecular formula is C19H24N4O2S. The molecule has 4 rings (SSSR count). The number of hydrogen-bond acceptors (Lipinski definition) is 5. The summed E-state index contributed by atoms with van der Waals surface area (Å²) in [5.41, 5.74) is 1.79. The fraction of sp³-hybridized carbons (Fsp3) is 0.474. The summed E-state index contributed by atoms with van der Waals surface area (Å²) in [6.45, 7) is 6.52. The number of aromatic amines is 1. The van der Waals surface area contributed by atoms with Gasteiger partial charge in [-0.25, -0.2) is 0 Å². The van der Waals surface area contributed by atoms with Crippen LogP contribution in [0.1, 0.15) is 22.5 Å². The Labute approximate surface area is 157 Å². The molecule has 1 amide bonds. The second-order valence-electron chi connectivity index (χ2n) is 7.05.